The Hall–Kier alpha value is -1.91. The van der Waals surface area contributed by atoms with Gasteiger partial charge in [0.15, 0.2) is 0 Å². The topological polar surface area (TPSA) is 62.3 Å². The number of hydrogen-bond donors (Lipinski definition) is 1. The number of carbonyl (C=O) groups excluding carboxylic acids is 2. The van der Waals surface area contributed by atoms with Crippen molar-refractivity contribution < 1.29 is 9.59 Å². The highest BCUT2D eigenvalue weighted by Gasteiger charge is 2.39. The van der Waals surface area contributed by atoms with E-state index in [2.05, 4.69) is 10.3 Å². The van der Waals surface area contributed by atoms with Gasteiger partial charge in [0.1, 0.15) is 5.82 Å². The van der Waals surface area contributed by atoms with E-state index in [4.69, 9.17) is 0 Å². The van der Waals surface area contributed by atoms with Crippen molar-refractivity contribution in [3.05, 3.63) is 23.9 Å². The van der Waals surface area contributed by atoms with Crippen molar-refractivity contribution in [2.75, 3.05) is 11.9 Å². The lowest BCUT2D eigenvalue weighted by Gasteiger charge is -2.31. The first kappa shape index (κ1) is 14.5. The highest BCUT2D eigenvalue weighted by atomic mass is 16.2. The maximum absolute atomic E-state index is 12.2. The normalized spacial score (nSPS) is 19.3. The molecule has 1 aromatic rings. The van der Waals surface area contributed by atoms with Gasteiger partial charge >= 0.3 is 0 Å². The second-order valence-corrected chi connectivity index (χ2v) is 6.23. The fourth-order valence-corrected chi connectivity index (χ4v) is 2.37. The first-order valence-electron chi connectivity index (χ1n) is 6.82. The van der Waals surface area contributed by atoms with Crippen LogP contribution in [0.3, 0.4) is 0 Å². The van der Waals surface area contributed by atoms with Gasteiger partial charge in [0.25, 0.3) is 0 Å². The molecule has 1 N–H and O–H groups in total. The molecule has 2 heterocycles. The standard InChI is InChI=1S/C15H21N3O2/c1-10-6-5-7-12(16-10)17-14(20)11-8-13(19)18(9-11)15(2,3)4/h5-7,11H,8-9H2,1-4H3,(H,16,17,20)/t11-/m0/s1. The van der Waals surface area contributed by atoms with Gasteiger partial charge in [0.05, 0.1) is 5.92 Å². The minimum absolute atomic E-state index is 0.0369. The number of amides is 2. The molecule has 0 bridgehead atoms. The lowest BCUT2D eigenvalue weighted by atomic mass is 10.1. The van der Waals surface area contributed by atoms with E-state index in [1.807, 2.05) is 39.8 Å². The molecular weight excluding hydrogens is 254 g/mol. The van der Waals surface area contributed by atoms with Crippen LogP contribution >= 0.6 is 0 Å². The number of pyridine rings is 1. The van der Waals surface area contributed by atoms with Gasteiger partial charge in [-0.25, -0.2) is 4.98 Å². The fourth-order valence-electron chi connectivity index (χ4n) is 2.37. The van der Waals surface area contributed by atoms with Gasteiger partial charge < -0.3 is 10.2 Å². The Balaban J connectivity index is 2.03. The first-order chi connectivity index (χ1) is 9.27. The van der Waals surface area contributed by atoms with Crippen molar-refractivity contribution in [3.8, 4) is 0 Å². The summed E-state index contributed by atoms with van der Waals surface area (Å²) in [5.74, 6) is 0.138. The van der Waals surface area contributed by atoms with Crippen LogP contribution in [-0.2, 0) is 9.59 Å². The molecule has 0 spiro atoms. The summed E-state index contributed by atoms with van der Waals surface area (Å²) in [6.07, 6.45) is 0.273. The van der Waals surface area contributed by atoms with Crippen LogP contribution in [0, 0.1) is 12.8 Å². The zero-order valence-electron chi connectivity index (χ0n) is 12.4. The highest BCUT2D eigenvalue weighted by molar-refractivity contribution is 5.96. The minimum atomic E-state index is -0.302. The first-order valence-corrected chi connectivity index (χ1v) is 6.82. The molecule has 1 aliphatic heterocycles. The molecule has 0 unspecified atom stereocenters. The molecule has 2 amide bonds. The van der Waals surface area contributed by atoms with E-state index in [1.54, 1.807) is 11.0 Å². The van der Waals surface area contributed by atoms with Crippen molar-refractivity contribution in [2.24, 2.45) is 5.92 Å². The molecule has 1 saturated heterocycles. The zero-order chi connectivity index (χ0) is 14.9. The summed E-state index contributed by atoms with van der Waals surface area (Å²) in [4.78, 5) is 30.2. The second kappa shape index (κ2) is 5.23. The lowest BCUT2D eigenvalue weighted by molar-refractivity contribution is -0.131. The molecule has 5 heteroatoms. The van der Waals surface area contributed by atoms with Gasteiger partial charge in [-0.15, -0.1) is 0 Å². The summed E-state index contributed by atoms with van der Waals surface area (Å²) in [6.45, 7) is 8.28. The number of nitrogens with zero attached hydrogens (tertiary/aromatic N) is 2. The van der Waals surface area contributed by atoms with Crippen LogP contribution in [0.4, 0.5) is 5.82 Å². The third-order valence-corrected chi connectivity index (χ3v) is 3.45. The van der Waals surface area contributed by atoms with Crippen LogP contribution in [0.2, 0.25) is 0 Å². The molecule has 1 aliphatic rings. The molecule has 0 aromatic carbocycles. The van der Waals surface area contributed by atoms with E-state index < -0.39 is 0 Å². The van der Waals surface area contributed by atoms with Crippen molar-refractivity contribution in [2.45, 2.75) is 39.7 Å². The molecule has 108 valence electrons. The molecule has 0 saturated carbocycles. The van der Waals surface area contributed by atoms with E-state index in [0.717, 1.165) is 5.69 Å². The Kier molecular flexibility index (Phi) is 3.79. The van der Waals surface area contributed by atoms with E-state index in [-0.39, 0.29) is 29.7 Å². The molecule has 5 nitrogen and oxygen atoms in total. The minimum Gasteiger partial charge on any atom is -0.337 e. The molecule has 1 aromatic heterocycles. The van der Waals surface area contributed by atoms with Crippen LogP contribution in [0.15, 0.2) is 18.2 Å². The second-order valence-electron chi connectivity index (χ2n) is 6.23. The third-order valence-electron chi connectivity index (χ3n) is 3.45. The predicted octanol–water partition coefficient (Wildman–Crippen LogP) is 1.98. The maximum atomic E-state index is 12.2. The van der Waals surface area contributed by atoms with Gasteiger partial charge in [-0.1, -0.05) is 6.07 Å². The van der Waals surface area contributed by atoms with Gasteiger partial charge in [-0.05, 0) is 39.8 Å². The number of anilines is 1. The fraction of sp³-hybridized carbons (Fsp3) is 0.533. The summed E-state index contributed by atoms with van der Waals surface area (Å²) in [7, 11) is 0. The van der Waals surface area contributed by atoms with Crippen LogP contribution in [0.5, 0.6) is 0 Å². The van der Waals surface area contributed by atoms with Crippen molar-refractivity contribution in [1.29, 1.82) is 0 Å². The maximum Gasteiger partial charge on any atom is 0.230 e. The van der Waals surface area contributed by atoms with Gasteiger partial charge in [-0.3, -0.25) is 9.59 Å². The number of nitrogens with one attached hydrogen (secondary N) is 1. The summed E-state index contributed by atoms with van der Waals surface area (Å²) in [6, 6.07) is 5.47. The van der Waals surface area contributed by atoms with Gasteiger partial charge in [-0.2, -0.15) is 0 Å². The number of likely N-dealkylation sites (tertiary alicyclic amines) is 1. The lowest BCUT2D eigenvalue weighted by Crippen LogP contribution is -2.42. The SMILES string of the molecule is Cc1cccc(NC(=O)[C@H]2CC(=O)N(C(C)(C)C)C2)n1. The number of carbonyl (C=O) groups is 2. The summed E-state index contributed by atoms with van der Waals surface area (Å²) in [5.41, 5.74) is 0.606. The van der Waals surface area contributed by atoms with E-state index in [0.29, 0.717) is 12.4 Å². The molecule has 1 atom stereocenters. The van der Waals surface area contributed by atoms with Crippen molar-refractivity contribution in [1.82, 2.24) is 9.88 Å². The molecule has 1 fully saturated rings. The van der Waals surface area contributed by atoms with E-state index >= 15 is 0 Å². The number of rotatable bonds is 2. The summed E-state index contributed by atoms with van der Waals surface area (Å²) < 4.78 is 0. The number of aryl methyl sites for hydroxylation is 1. The number of aromatic nitrogens is 1. The Bertz CT molecular complexity index is 534. The molecule has 2 rings (SSSR count). The van der Waals surface area contributed by atoms with Crippen LogP contribution in [0.25, 0.3) is 0 Å². The Labute approximate surface area is 119 Å². The molecule has 0 radical (unpaired) electrons. The van der Waals surface area contributed by atoms with E-state index in [1.165, 1.54) is 0 Å². The average Bonchev–Trinajstić information content (AvgIpc) is 2.71. The molecule has 0 aliphatic carbocycles. The van der Waals surface area contributed by atoms with Gasteiger partial charge in [0, 0.05) is 24.2 Å². The smallest absolute Gasteiger partial charge is 0.230 e. The van der Waals surface area contributed by atoms with Crippen LogP contribution < -0.4 is 5.32 Å². The average molecular weight is 275 g/mol. The zero-order valence-corrected chi connectivity index (χ0v) is 12.4. The monoisotopic (exact) mass is 275 g/mol. The third kappa shape index (κ3) is 3.15. The Morgan fingerprint density at radius 1 is 1.40 bits per heavy atom. The van der Waals surface area contributed by atoms with Gasteiger partial charge in [0.2, 0.25) is 11.8 Å². The Morgan fingerprint density at radius 3 is 2.65 bits per heavy atom. The molecule has 20 heavy (non-hydrogen) atoms. The predicted molar refractivity (Wildman–Crippen MR) is 77.2 cm³/mol. The van der Waals surface area contributed by atoms with Crippen LogP contribution in [0.1, 0.15) is 32.9 Å². The van der Waals surface area contributed by atoms with Crippen molar-refractivity contribution >= 4 is 17.6 Å². The highest BCUT2D eigenvalue weighted by Crippen LogP contribution is 2.26. The largest absolute Gasteiger partial charge is 0.337 e. The summed E-state index contributed by atoms with van der Waals surface area (Å²) in [5, 5.41) is 2.79. The van der Waals surface area contributed by atoms with Crippen LogP contribution in [-0.4, -0.2) is 33.8 Å². The van der Waals surface area contributed by atoms with Crippen molar-refractivity contribution in [3.63, 3.8) is 0 Å². The number of hydrogen-bond acceptors (Lipinski definition) is 3. The van der Waals surface area contributed by atoms with E-state index in [9.17, 15) is 9.59 Å². The molecular formula is C15H21N3O2. The Morgan fingerprint density at radius 2 is 2.10 bits per heavy atom. The quantitative estimate of drug-likeness (QED) is 0.897. The summed E-state index contributed by atoms with van der Waals surface area (Å²) >= 11 is 0.